The number of carbonyl (C=O) groups excluding carboxylic acids is 1. The molecule has 0 radical (unpaired) electrons. The summed E-state index contributed by atoms with van der Waals surface area (Å²) < 4.78 is 0. The minimum absolute atomic E-state index is 0.141. The Labute approximate surface area is 86.1 Å². The third-order valence-corrected chi connectivity index (χ3v) is 2.72. The molecule has 0 unspecified atom stereocenters. The second kappa shape index (κ2) is 4.94. The fourth-order valence-electron chi connectivity index (χ4n) is 1.58. The summed E-state index contributed by atoms with van der Waals surface area (Å²) in [7, 11) is 0. The van der Waals surface area contributed by atoms with Crippen molar-refractivity contribution >= 4 is 5.78 Å². The van der Waals surface area contributed by atoms with Crippen LogP contribution in [0.5, 0.6) is 0 Å². The SMILES string of the molecule is CCc1ccccc1C[C@@H](C)C(C)=O. The van der Waals surface area contributed by atoms with Crippen molar-refractivity contribution < 1.29 is 4.79 Å². The van der Waals surface area contributed by atoms with Crippen LogP contribution < -0.4 is 0 Å². The molecule has 1 aromatic carbocycles. The van der Waals surface area contributed by atoms with Gasteiger partial charge in [-0.2, -0.15) is 0 Å². The van der Waals surface area contributed by atoms with Crippen molar-refractivity contribution in [3.05, 3.63) is 35.4 Å². The number of hydrogen-bond acceptors (Lipinski definition) is 1. The standard InChI is InChI=1S/C13H18O/c1-4-12-7-5-6-8-13(12)9-10(2)11(3)14/h5-8,10H,4,9H2,1-3H3/t10-/m1/s1. The van der Waals surface area contributed by atoms with E-state index >= 15 is 0 Å². The van der Waals surface area contributed by atoms with Gasteiger partial charge in [0.1, 0.15) is 5.78 Å². The van der Waals surface area contributed by atoms with Crippen molar-refractivity contribution in [2.75, 3.05) is 0 Å². The lowest BCUT2D eigenvalue weighted by atomic mass is 9.94. The van der Waals surface area contributed by atoms with Gasteiger partial charge in [-0.25, -0.2) is 0 Å². The molecular formula is C13H18O. The maximum atomic E-state index is 11.1. The summed E-state index contributed by atoms with van der Waals surface area (Å²) in [5.74, 6) is 0.415. The molecule has 1 aromatic rings. The second-order valence-electron chi connectivity index (χ2n) is 3.84. The largest absolute Gasteiger partial charge is 0.300 e. The summed E-state index contributed by atoms with van der Waals surface area (Å²) in [6.07, 6.45) is 1.92. The summed E-state index contributed by atoms with van der Waals surface area (Å²) in [4.78, 5) is 11.1. The van der Waals surface area contributed by atoms with Gasteiger partial charge < -0.3 is 0 Å². The zero-order valence-electron chi connectivity index (χ0n) is 9.21. The van der Waals surface area contributed by atoms with Crippen LogP contribution >= 0.6 is 0 Å². The fourth-order valence-corrected chi connectivity index (χ4v) is 1.58. The third-order valence-electron chi connectivity index (χ3n) is 2.72. The van der Waals surface area contributed by atoms with Crippen LogP contribution in [0.2, 0.25) is 0 Å². The predicted molar refractivity (Wildman–Crippen MR) is 59.4 cm³/mol. The molecular weight excluding hydrogens is 172 g/mol. The van der Waals surface area contributed by atoms with Crippen LogP contribution in [0.15, 0.2) is 24.3 Å². The second-order valence-corrected chi connectivity index (χ2v) is 3.84. The molecule has 0 aliphatic rings. The van der Waals surface area contributed by atoms with Crippen molar-refractivity contribution in [1.29, 1.82) is 0 Å². The molecule has 1 rings (SSSR count). The van der Waals surface area contributed by atoms with E-state index in [-0.39, 0.29) is 11.7 Å². The lowest BCUT2D eigenvalue weighted by Crippen LogP contribution is -2.10. The number of rotatable bonds is 4. The first-order valence-corrected chi connectivity index (χ1v) is 5.22. The smallest absolute Gasteiger partial charge is 0.132 e. The first-order valence-electron chi connectivity index (χ1n) is 5.22. The summed E-state index contributed by atoms with van der Waals surface area (Å²) in [6.45, 7) is 5.81. The lowest BCUT2D eigenvalue weighted by Gasteiger charge is -2.11. The van der Waals surface area contributed by atoms with E-state index in [1.807, 2.05) is 13.0 Å². The maximum Gasteiger partial charge on any atom is 0.132 e. The molecule has 1 atom stereocenters. The highest BCUT2D eigenvalue weighted by atomic mass is 16.1. The van der Waals surface area contributed by atoms with Gasteiger partial charge in [-0.1, -0.05) is 38.1 Å². The molecule has 76 valence electrons. The van der Waals surface area contributed by atoms with E-state index in [9.17, 15) is 4.79 Å². The summed E-state index contributed by atoms with van der Waals surface area (Å²) in [5, 5.41) is 0. The Morgan fingerprint density at radius 1 is 1.29 bits per heavy atom. The van der Waals surface area contributed by atoms with Crippen LogP contribution in [0, 0.1) is 5.92 Å². The maximum absolute atomic E-state index is 11.1. The first kappa shape index (κ1) is 11.0. The molecule has 0 amide bonds. The van der Waals surface area contributed by atoms with Crippen LogP contribution in [-0.4, -0.2) is 5.78 Å². The van der Waals surface area contributed by atoms with Gasteiger partial charge in [0.25, 0.3) is 0 Å². The Bertz CT molecular complexity index is 315. The number of carbonyl (C=O) groups is 1. The molecule has 0 saturated carbocycles. The van der Waals surface area contributed by atoms with Crippen molar-refractivity contribution in [2.24, 2.45) is 5.92 Å². The number of benzene rings is 1. The summed E-state index contributed by atoms with van der Waals surface area (Å²) in [6, 6.07) is 8.36. The summed E-state index contributed by atoms with van der Waals surface area (Å²) in [5.41, 5.74) is 2.68. The van der Waals surface area contributed by atoms with Gasteiger partial charge in [0.15, 0.2) is 0 Å². The van der Waals surface area contributed by atoms with E-state index in [1.54, 1.807) is 6.92 Å². The van der Waals surface area contributed by atoms with Crippen LogP contribution in [0.25, 0.3) is 0 Å². The van der Waals surface area contributed by atoms with Gasteiger partial charge in [-0.15, -0.1) is 0 Å². The lowest BCUT2D eigenvalue weighted by molar-refractivity contribution is -0.120. The molecule has 0 fully saturated rings. The van der Waals surface area contributed by atoms with Gasteiger partial charge in [0, 0.05) is 5.92 Å². The summed E-state index contributed by atoms with van der Waals surface area (Å²) >= 11 is 0. The Kier molecular flexibility index (Phi) is 3.87. The van der Waals surface area contributed by atoms with E-state index in [0.717, 1.165) is 12.8 Å². The number of ketones is 1. The highest BCUT2D eigenvalue weighted by Gasteiger charge is 2.10. The number of Topliss-reactive ketones (excluding diaryl/α,β-unsaturated/α-hetero) is 1. The molecule has 0 spiro atoms. The molecule has 0 aromatic heterocycles. The molecule has 0 N–H and O–H groups in total. The van der Waals surface area contributed by atoms with E-state index in [4.69, 9.17) is 0 Å². The average molecular weight is 190 g/mol. The van der Waals surface area contributed by atoms with Crippen molar-refractivity contribution in [2.45, 2.75) is 33.6 Å². The van der Waals surface area contributed by atoms with Crippen LogP contribution in [0.1, 0.15) is 31.9 Å². The van der Waals surface area contributed by atoms with Gasteiger partial charge in [-0.3, -0.25) is 4.79 Å². The quantitative estimate of drug-likeness (QED) is 0.713. The topological polar surface area (TPSA) is 17.1 Å². The molecule has 0 saturated heterocycles. The Morgan fingerprint density at radius 2 is 1.86 bits per heavy atom. The molecule has 14 heavy (non-hydrogen) atoms. The van der Waals surface area contributed by atoms with Gasteiger partial charge >= 0.3 is 0 Å². The van der Waals surface area contributed by atoms with Crippen LogP contribution in [0.4, 0.5) is 0 Å². The van der Waals surface area contributed by atoms with E-state index < -0.39 is 0 Å². The van der Waals surface area contributed by atoms with Gasteiger partial charge in [-0.05, 0) is 30.9 Å². The molecule has 0 aliphatic heterocycles. The van der Waals surface area contributed by atoms with Gasteiger partial charge in [0.05, 0.1) is 0 Å². The monoisotopic (exact) mass is 190 g/mol. The van der Waals surface area contributed by atoms with E-state index in [2.05, 4.69) is 25.1 Å². The Hall–Kier alpha value is -1.11. The average Bonchev–Trinajstić information content (AvgIpc) is 2.18. The molecule has 1 heteroatoms. The van der Waals surface area contributed by atoms with E-state index in [0.29, 0.717) is 0 Å². The Morgan fingerprint density at radius 3 is 2.36 bits per heavy atom. The van der Waals surface area contributed by atoms with Crippen LogP contribution in [-0.2, 0) is 17.6 Å². The molecule has 0 heterocycles. The van der Waals surface area contributed by atoms with Crippen molar-refractivity contribution in [3.63, 3.8) is 0 Å². The zero-order valence-corrected chi connectivity index (χ0v) is 9.21. The minimum Gasteiger partial charge on any atom is -0.300 e. The normalized spacial score (nSPS) is 12.5. The Balaban J connectivity index is 2.80. The number of hydrogen-bond donors (Lipinski definition) is 0. The highest BCUT2D eigenvalue weighted by Crippen LogP contribution is 2.14. The highest BCUT2D eigenvalue weighted by molar-refractivity contribution is 5.78. The van der Waals surface area contributed by atoms with Gasteiger partial charge in [0.2, 0.25) is 0 Å². The first-order chi connectivity index (χ1) is 6.65. The molecule has 0 aliphatic carbocycles. The zero-order chi connectivity index (χ0) is 10.6. The predicted octanol–water partition coefficient (Wildman–Crippen LogP) is 3.02. The van der Waals surface area contributed by atoms with Crippen LogP contribution in [0.3, 0.4) is 0 Å². The third kappa shape index (κ3) is 2.69. The van der Waals surface area contributed by atoms with E-state index in [1.165, 1.54) is 11.1 Å². The number of aryl methyl sites for hydroxylation is 1. The fraction of sp³-hybridized carbons (Fsp3) is 0.462. The molecule has 1 nitrogen and oxygen atoms in total. The molecule has 0 bridgehead atoms. The van der Waals surface area contributed by atoms with Crippen molar-refractivity contribution in [1.82, 2.24) is 0 Å². The van der Waals surface area contributed by atoms with Crippen molar-refractivity contribution in [3.8, 4) is 0 Å². The minimum atomic E-state index is 0.141.